The topological polar surface area (TPSA) is 52.7 Å². The number of benzene rings is 2. The summed E-state index contributed by atoms with van der Waals surface area (Å²) in [6.07, 6.45) is 1.19. The molecule has 0 bridgehead atoms. The Morgan fingerprint density at radius 2 is 1.70 bits per heavy atom. The molecule has 6 heteroatoms. The number of carbonyl (C=O) groups excluding carboxylic acids is 2. The van der Waals surface area contributed by atoms with E-state index in [4.69, 9.17) is 0 Å². The van der Waals surface area contributed by atoms with Crippen LogP contribution in [0.4, 0.5) is 5.69 Å². The zero-order chi connectivity index (χ0) is 17.9. The number of nitrogens with zero attached hydrogens (tertiary/aromatic N) is 2. The molecule has 4 rings (SSSR count). The van der Waals surface area contributed by atoms with Crippen LogP contribution in [-0.4, -0.2) is 47.8 Å². The van der Waals surface area contributed by atoms with E-state index in [0.717, 1.165) is 49.5 Å². The molecule has 2 amide bonds. The van der Waals surface area contributed by atoms with Gasteiger partial charge in [-0.2, -0.15) is 0 Å². The van der Waals surface area contributed by atoms with E-state index in [0.29, 0.717) is 12.8 Å². The van der Waals surface area contributed by atoms with E-state index in [1.807, 2.05) is 29.2 Å². The first-order chi connectivity index (χ1) is 12.7. The SMILES string of the molecule is Cl.O=C1CCc2cc(C(=O)N3CCN(Cc4ccccc4)CC3)ccc2N1. The van der Waals surface area contributed by atoms with Gasteiger partial charge in [0.15, 0.2) is 0 Å². The lowest BCUT2D eigenvalue weighted by Gasteiger charge is -2.35. The number of fused-ring (bicyclic) bond motifs is 1. The first kappa shape index (κ1) is 19.4. The van der Waals surface area contributed by atoms with Crippen molar-refractivity contribution >= 4 is 29.9 Å². The molecule has 2 aromatic rings. The third kappa shape index (κ3) is 4.49. The predicted molar refractivity (Wildman–Crippen MR) is 108 cm³/mol. The average molecular weight is 386 g/mol. The van der Waals surface area contributed by atoms with E-state index in [9.17, 15) is 9.59 Å². The van der Waals surface area contributed by atoms with E-state index in [2.05, 4.69) is 34.5 Å². The molecule has 2 aliphatic rings. The Bertz CT molecular complexity index is 817. The number of hydrogen-bond acceptors (Lipinski definition) is 3. The van der Waals surface area contributed by atoms with Crippen LogP contribution in [-0.2, 0) is 17.8 Å². The smallest absolute Gasteiger partial charge is 0.253 e. The van der Waals surface area contributed by atoms with Crippen molar-refractivity contribution in [1.82, 2.24) is 9.80 Å². The number of nitrogens with one attached hydrogen (secondary N) is 1. The number of amides is 2. The van der Waals surface area contributed by atoms with Crippen LogP contribution in [0, 0.1) is 0 Å². The molecule has 1 fully saturated rings. The quantitative estimate of drug-likeness (QED) is 0.883. The molecule has 2 aromatic carbocycles. The molecular formula is C21H24ClN3O2. The van der Waals surface area contributed by atoms with Crippen LogP contribution < -0.4 is 5.32 Å². The summed E-state index contributed by atoms with van der Waals surface area (Å²) < 4.78 is 0. The minimum absolute atomic E-state index is 0. The van der Waals surface area contributed by atoms with Crippen molar-refractivity contribution in [2.45, 2.75) is 19.4 Å². The van der Waals surface area contributed by atoms with Gasteiger partial charge in [0.1, 0.15) is 0 Å². The number of anilines is 1. The lowest BCUT2D eigenvalue weighted by atomic mass is 10.00. The highest BCUT2D eigenvalue weighted by Crippen LogP contribution is 2.24. The molecule has 0 radical (unpaired) electrons. The molecule has 2 heterocycles. The standard InChI is InChI=1S/C21H23N3O2.ClH/c25-20-9-7-17-14-18(6-8-19(17)22-20)21(26)24-12-10-23(11-13-24)15-16-4-2-1-3-5-16;/h1-6,8,14H,7,9-13,15H2,(H,22,25);1H. The van der Waals surface area contributed by atoms with Crippen LogP contribution in [0.25, 0.3) is 0 Å². The van der Waals surface area contributed by atoms with E-state index in [1.54, 1.807) is 0 Å². The Balaban J connectivity index is 0.00000210. The van der Waals surface area contributed by atoms with Crippen LogP contribution in [0.5, 0.6) is 0 Å². The average Bonchev–Trinajstić information content (AvgIpc) is 2.68. The maximum atomic E-state index is 12.8. The summed E-state index contributed by atoms with van der Waals surface area (Å²) in [6, 6.07) is 16.1. The van der Waals surface area contributed by atoms with Gasteiger partial charge in [0.05, 0.1) is 0 Å². The number of piperazine rings is 1. The number of hydrogen-bond donors (Lipinski definition) is 1. The van der Waals surface area contributed by atoms with E-state index in [1.165, 1.54) is 5.56 Å². The van der Waals surface area contributed by atoms with Crippen molar-refractivity contribution in [2.24, 2.45) is 0 Å². The highest BCUT2D eigenvalue weighted by molar-refractivity contribution is 5.98. The number of halogens is 1. The second-order valence-electron chi connectivity index (χ2n) is 6.97. The summed E-state index contributed by atoms with van der Waals surface area (Å²) in [4.78, 5) is 28.6. The molecule has 0 aromatic heterocycles. The molecule has 1 N–H and O–H groups in total. The molecule has 0 saturated carbocycles. The van der Waals surface area contributed by atoms with Gasteiger partial charge in [-0.1, -0.05) is 30.3 Å². The first-order valence-corrected chi connectivity index (χ1v) is 9.17. The lowest BCUT2D eigenvalue weighted by molar-refractivity contribution is -0.116. The zero-order valence-corrected chi connectivity index (χ0v) is 16.0. The van der Waals surface area contributed by atoms with Gasteiger partial charge in [-0.25, -0.2) is 0 Å². The first-order valence-electron chi connectivity index (χ1n) is 9.17. The molecule has 142 valence electrons. The Hall–Kier alpha value is -2.37. The van der Waals surface area contributed by atoms with Gasteiger partial charge in [0.25, 0.3) is 5.91 Å². The van der Waals surface area contributed by atoms with Gasteiger partial charge in [-0.15, -0.1) is 12.4 Å². The van der Waals surface area contributed by atoms with Gasteiger partial charge in [-0.3, -0.25) is 14.5 Å². The molecule has 27 heavy (non-hydrogen) atoms. The fourth-order valence-corrected chi connectivity index (χ4v) is 3.65. The van der Waals surface area contributed by atoms with E-state index < -0.39 is 0 Å². The number of aryl methyl sites for hydroxylation is 1. The van der Waals surface area contributed by atoms with Crippen molar-refractivity contribution in [3.63, 3.8) is 0 Å². The Labute approximate surface area is 165 Å². The van der Waals surface area contributed by atoms with Crippen LogP contribution in [0.3, 0.4) is 0 Å². The molecule has 0 aliphatic carbocycles. The van der Waals surface area contributed by atoms with Crippen LogP contribution in [0.15, 0.2) is 48.5 Å². The van der Waals surface area contributed by atoms with E-state index >= 15 is 0 Å². The molecular weight excluding hydrogens is 362 g/mol. The van der Waals surface area contributed by atoms with Crippen LogP contribution >= 0.6 is 12.4 Å². The Kier molecular flexibility index (Phi) is 6.14. The second kappa shape index (κ2) is 8.55. The molecule has 0 unspecified atom stereocenters. The lowest BCUT2D eigenvalue weighted by Crippen LogP contribution is -2.48. The summed E-state index contributed by atoms with van der Waals surface area (Å²) in [5.41, 5.74) is 3.92. The van der Waals surface area contributed by atoms with Crippen molar-refractivity contribution in [2.75, 3.05) is 31.5 Å². The van der Waals surface area contributed by atoms with Crippen molar-refractivity contribution in [3.8, 4) is 0 Å². The third-order valence-corrected chi connectivity index (χ3v) is 5.16. The molecule has 0 atom stereocenters. The summed E-state index contributed by atoms with van der Waals surface area (Å²) >= 11 is 0. The van der Waals surface area contributed by atoms with Gasteiger partial charge < -0.3 is 10.2 Å². The number of carbonyl (C=O) groups is 2. The maximum Gasteiger partial charge on any atom is 0.253 e. The van der Waals surface area contributed by atoms with Crippen molar-refractivity contribution in [3.05, 3.63) is 65.2 Å². The van der Waals surface area contributed by atoms with Gasteiger partial charge in [0, 0.05) is 50.4 Å². The summed E-state index contributed by atoms with van der Waals surface area (Å²) in [5, 5.41) is 2.86. The second-order valence-corrected chi connectivity index (χ2v) is 6.97. The summed E-state index contributed by atoms with van der Waals surface area (Å²) in [5.74, 6) is 0.134. The fraction of sp³-hybridized carbons (Fsp3) is 0.333. The molecule has 0 spiro atoms. The number of rotatable bonds is 3. The van der Waals surface area contributed by atoms with Crippen LogP contribution in [0.2, 0.25) is 0 Å². The van der Waals surface area contributed by atoms with Crippen molar-refractivity contribution in [1.29, 1.82) is 0 Å². The zero-order valence-electron chi connectivity index (χ0n) is 15.2. The van der Waals surface area contributed by atoms with E-state index in [-0.39, 0.29) is 24.2 Å². The largest absolute Gasteiger partial charge is 0.336 e. The normalized spacial score (nSPS) is 16.9. The monoisotopic (exact) mass is 385 g/mol. The van der Waals surface area contributed by atoms with Crippen molar-refractivity contribution < 1.29 is 9.59 Å². The molecule has 2 aliphatic heterocycles. The van der Waals surface area contributed by atoms with Gasteiger partial charge >= 0.3 is 0 Å². The summed E-state index contributed by atoms with van der Waals surface area (Å²) in [6.45, 7) is 4.21. The Morgan fingerprint density at radius 3 is 2.44 bits per heavy atom. The van der Waals surface area contributed by atoms with Gasteiger partial charge in [-0.05, 0) is 35.7 Å². The highest BCUT2D eigenvalue weighted by atomic mass is 35.5. The Morgan fingerprint density at radius 1 is 0.963 bits per heavy atom. The predicted octanol–water partition coefficient (Wildman–Crippen LogP) is 2.95. The van der Waals surface area contributed by atoms with Crippen LogP contribution in [0.1, 0.15) is 27.9 Å². The van der Waals surface area contributed by atoms with Gasteiger partial charge in [0.2, 0.25) is 5.91 Å². The minimum Gasteiger partial charge on any atom is -0.336 e. The highest BCUT2D eigenvalue weighted by Gasteiger charge is 2.23. The maximum absolute atomic E-state index is 12.8. The third-order valence-electron chi connectivity index (χ3n) is 5.16. The molecule has 5 nitrogen and oxygen atoms in total. The molecule has 1 saturated heterocycles. The minimum atomic E-state index is 0. The fourth-order valence-electron chi connectivity index (χ4n) is 3.65. The summed E-state index contributed by atoms with van der Waals surface area (Å²) in [7, 11) is 0.